The molecule has 0 bridgehead atoms. The minimum atomic E-state index is -0.669. The smallest absolute Gasteiger partial charge is 0.347 e. The molecule has 0 aliphatic rings. The van der Waals surface area contributed by atoms with Gasteiger partial charge in [-0.15, -0.1) is 0 Å². The Bertz CT molecular complexity index is 788. The second-order valence-corrected chi connectivity index (χ2v) is 6.13. The van der Waals surface area contributed by atoms with Crippen LogP contribution in [0.15, 0.2) is 59.8 Å². The van der Waals surface area contributed by atoms with Gasteiger partial charge >= 0.3 is 5.97 Å². The van der Waals surface area contributed by atoms with Crippen LogP contribution in [0.4, 0.5) is 5.69 Å². The summed E-state index contributed by atoms with van der Waals surface area (Å²) in [5, 5.41) is 3.71. The van der Waals surface area contributed by atoms with Gasteiger partial charge in [-0.2, -0.15) is 0 Å². The quantitative estimate of drug-likeness (QED) is 0.377. The number of para-hydroxylation sites is 1. The Morgan fingerprint density at radius 3 is 2.32 bits per heavy atom. The third kappa shape index (κ3) is 6.42. The lowest BCUT2D eigenvalue weighted by Crippen LogP contribution is -2.40. The molecule has 1 amide bonds. The number of oxime groups is 1. The molecule has 0 saturated carbocycles. The van der Waals surface area contributed by atoms with E-state index in [9.17, 15) is 9.59 Å². The van der Waals surface area contributed by atoms with Crippen molar-refractivity contribution in [2.24, 2.45) is 5.16 Å². The van der Waals surface area contributed by atoms with Crippen molar-refractivity contribution in [1.82, 2.24) is 0 Å². The predicted molar refractivity (Wildman–Crippen MR) is 107 cm³/mol. The summed E-state index contributed by atoms with van der Waals surface area (Å²) in [6, 6.07) is 16.3. The SMILES string of the molecule is COc1ccc(/C=N/OCC(=O)OCC(=O)N(c2ccccc2)C(C)C)cc1. The highest BCUT2D eigenvalue weighted by atomic mass is 16.7. The molecule has 2 rings (SSSR count). The molecule has 0 unspecified atom stereocenters. The van der Waals surface area contributed by atoms with Crippen molar-refractivity contribution in [3.05, 3.63) is 60.2 Å². The molecular weight excluding hydrogens is 360 g/mol. The van der Waals surface area contributed by atoms with Crippen LogP contribution in [0.2, 0.25) is 0 Å². The standard InChI is InChI=1S/C21H24N2O5/c1-16(2)23(18-7-5-4-6-8-18)20(24)14-27-21(25)15-28-22-13-17-9-11-19(26-3)12-10-17/h4-13,16H,14-15H2,1-3H3/b22-13+. The van der Waals surface area contributed by atoms with E-state index in [2.05, 4.69) is 5.16 Å². The molecule has 0 fully saturated rings. The zero-order chi connectivity index (χ0) is 20.4. The number of benzene rings is 2. The summed E-state index contributed by atoms with van der Waals surface area (Å²) < 4.78 is 10.1. The van der Waals surface area contributed by atoms with Crippen LogP contribution in [-0.2, 0) is 19.2 Å². The van der Waals surface area contributed by atoms with E-state index in [1.807, 2.05) is 44.2 Å². The van der Waals surface area contributed by atoms with Gasteiger partial charge in [0.1, 0.15) is 5.75 Å². The number of ether oxygens (including phenoxy) is 2. The number of rotatable bonds is 9. The molecule has 0 saturated heterocycles. The molecule has 0 N–H and O–H groups in total. The van der Waals surface area contributed by atoms with Crippen LogP contribution in [0.3, 0.4) is 0 Å². The van der Waals surface area contributed by atoms with Crippen LogP contribution < -0.4 is 9.64 Å². The zero-order valence-corrected chi connectivity index (χ0v) is 16.2. The topological polar surface area (TPSA) is 77.4 Å². The van der Waals surface area contributed by atoms with Gasteiger partial charge in [0.15, 0.2) is 6.61 Å². The van der Waals surface area contributed by atoms with Crippen molar-refractivity contribution < 1.29 is 23.9 Å². The Kier molecular flexibility index (Phi) is 8.02. The van der Waals surface area contributed by atoms with Gasteiger partial charge in [0.25, 0.3) is 5.91 Å². The maximum atomic E-state index is 12.4. The van der Waals surface area contributed by atoms with E-state index in [0.717, 1.165) is 17.0 Å². The van der Waals surface area contributed by atoms with E-state index in [1.165, 1.54) is 6.21 Å². The largest absolute Gasteiger partial charge is 0.497 e. The molecule has 148 valence electrons. The number of amides is 1. The number of nitrogens with zero attached hydrogens (tertiary/aromatic N) is 2. The molecule has 7 nitrogen and oxygen atoms in total. The van der Waals surface area contributed by atoms with Crippen LogP contribution >= 0.6 is 0 Å². The second kappa shape index (κ2) is 10.7. The average Bonchev–Trinajstić information content (AvgIpc) is 2.71. The highest BCUT2D eigenvalue weighted by Crippen LogP contribution is 2.16. The van der Waals surface area contributed by atoms with Gasteiger partial charge in [-0.3, -0.25) is 4.79 Å². The first-order valence-electron chi connectivity index (χ1n) is 8.83. The molecule has 0 aromatic heterocycles. The van der Waals surface area contributed by atoms with Crippen LogP contribution in [0.1, 0.15) is 19.4 Å². The van der Waals surface area contributed by atoms with Crippen molar-refractivity contribution >= 4 is 23.8 Å². The Balaban J connectivity index is 1.77. The van der Waals surface area contributed by atoms with Gasteiger partial charge in [-0.25, -0.2) is 4.79 Å². The molecule has 0 atom stereocenters. The second-order valence-electron chi connectivity index (χ2n) is 6.13. The van der Waals surface area contributed by atoms with Crippen molar-refractivity contribution in [2.45, 2.75) is 19.9 Å². The van der Waals surface area contributed by atoms with Crippen molar-refractivity contribution in [3.8, 4) is 5.75 Å². The lowest BCUT2D eigenvalue weighted by Gasteiger charge is -2.26. The lowest BCUT2D eigenvalue weighted by molar-refractivity contribution is -0.152. The average molecular weight is 384 g/mol. The lowest BCUT2D eigenvalue weighted by atomic mass is 10.2. The number of methoxy groups -OCH3 is 1. The number of anilines is 1. The van der Waals surface area contributed by atoms with E-state index in [-0.39, 0.29) is 25.2 Å². The highest BCUT2D eigenvalue weighted by Gasteiger charge is 2.20. The number of hydrogen-bond donors (Lipinski definition) is 0. The summed E-state index contributed by atoms with van der Waals surface area (Å²) in [6.45, 7) is 3.04. The van der Waals surface area contributed by atoms with Gasteiger partial charge in [0, 0.05) is 11.7 Å². The summed E-state index contributed by atoms with van der Waals surface area (Å²) in [6.07, 6.45) is 1.47. The minimum absolute atomic E-state index is 0.0704. The van der Waals surface area contributed by atoms with E-state index in [4.69, 9.17) is 14.3 Å². The van der Waals surface area contributed by atoms with E-state index >= 15 is 0 Å². The van der Waals surface area contributed by atoms with Gasteiger partial charge in [0.2, 0.25) is 6.61 Å². The minimum Gasteiger partial charge on any atom is -0.497 e. The van der Waals surface area contributed by atoms with Crippen molar-refractivity contribution in [3.63, 3.8) is 0 Å². The monoisotopic (exact) mass is 384 g/mol. The van der Waals surface area contributed by atoms with Crippen LogP contribution in [0.5, 0.6) is 5.75 Å². The summed E-state index contributed by atoms with van der Waals surface area (Å²) >= 11 is 0. The summed E-state index contributed by atoms with van der Waals surface area (Å²) in [7, 11) is 1.59. The maximum Gasteiger partial charge on any atom is 0.347 e. The number of esters is 1. The molecule has 0 heterocycles. The molecule has 2 aromatic rings. The number of carbonyl (C=O) groups is 2. The highest BCUT2D eigenvalue weighted by molar-refractivity contribution is 5.95. The van der Waals surface area contributed by atoms with Crippen LogP contribution in [-0.4, -0.2) is 44.5 Å². The molecule has 2 aromatic carbocycles. The molecule has 0 spiro atoms. The third-order valence-corrected chi connectivity index (χ3v) is 3.75. The van der Waals surface area contributed by atoms with Crippen molar-refractivity contribution in [2.75, 3.05) is 25.2 Å². The summed E-state index contributed by atoms with van der Waals surface area (Å²) in [5.41, 5.74) is 1.54. The van der Waals surface area contributed by atoms with Crippen LogP contribution in [0.25, 0.3) is 0 Å². The number of hydrogen-bond acceptors (Lipinski definition) is 6. The zero-order valence-electron chi connectivity index (χ0n) is 16.2. The normalized spacial score (nSPS) is 10.7. The van der Waals surface area contributed by atoms with Gasteiger partial charge in [0.05, 0.1) is 13.3 Å². The molecule has 0 aliphatic heterocycles. The van der Waals surface area contributed by atoms with E-state index in [0.29, 0.717) is 0 Å². The van der Waals surface area contributed by atoms with Crippen LogP contribution in [0, 0.1) is 0 Å². The Hall–Kier alpha value is -3.35. The fraction of sp³-hybridized carbons (Fsp3) is 0.286. The maximum absolute atomic E-state index is 12.4. The Morgan fingerprint density at radius 1 is 1.04 bits per heavy atom. The Labute approximate surface area is 164 Å². The third-order valence-electron chi connectivity index (χ3n) is 3.75. The van der Waals surface area contributed by atoms with Gasteiger partial charge in [-0.05, 0) is 55.8 Å². The summed E-state index contributed by atoms with van der Waals surface area (Å²) in [5.74, 6) is -0.245. The molecule has 7 heteroatoms. The fourth-order valence-electron chi connectivity index (χ4n) is 2.45. The molecular formula is C21H24N2O5. The van der Waals surface area contributed by atoms with Gasteiger partial charge in [-0.1, -0.05) is 23.4 Å². The number of carbonyl (C=O) groups excluding carboxylic acids is 2. The summed E-state index contributed by atoms with van der Waals surface area (Å²) in [4.78, 5) is 30.7. The molecule has 0 aliphatic carbocycles. The van der Waals surface area contributed by atoms with Crippen molar-refractivity contribution in [1.29, 1.82) is 0 Å². The fourth-order valence-corrected chi connectivity index (χ4v) is 2.45. The van der Waals surface area contributed by atoms with Gasteiger partial charge < -0.3 is 19.2 Å². The van der Waals surface area contributed by atoms with E-state index in [1.54, 1.807) is 36.3 Å². The van der Waals surface area contributed by atoms with E-state index < -0.39 is 5.97 Å². The first-order valence-corrected chi connectivity index (χ1v) is 8.83. The predicted octanol–water partition coefficient (Wildman–Crippen LogP) is 3.03. The Morgan fingerprint density at radius 2 is 1.71 bits per heavy atom. The first kappa shape index (κ1) is 21.0. The molecule has 28 heavy (non-hydrogen) atoms. The molecule has 0 radical (unpaired) electrons. The first-order chi connectivity index (χ1) is 13.5.